The highest BCUT2D eigenvalue weighted by Crippen LogP contribution is 2.36. The first-order valence-corrected chi connectivity index (χ1v) is 10.4. The van der Waals surface area contributed by atoms with Crippen LogP contribution < -0.4 is 14.9 Å². The Balaban J connectivity index is 1.61. The standard InChI is InChI=1S/C21H21BrN6O2/c1-4-28-16-9-7-6-8-14(16)18-20(28)24-21(27-25-18)26-23-12-13-10-15(22)19(30-5-2)17(11-13)29-3/h6-12H,4-5H2,1-3H3,(H,24,26,27)/b23-12+. The van der Waals surface area contributed by atoms with Crippen LogP contribution in [-0.4, -0.2) is 39.7 Å². The van der Waals surface area contributed by atoms with E-state index in [-0.39, 0.29) is 0 Å². The normalized spacial score (nSPS) is 11.5. The van der Waals surface area contributed by atoms with Gasteiger partial charge in [-0.05, 0) is 53.5 Å². The van der Waals surface area contributed by atoms with Gasteiger partial charge < -0.3 is 14.0 Å². The number of aryl methyl sites for hydroxylation is 1. The number of methoxy groups -OCH3 is 1. The van der Waals surface area contributed by atoms with Gasteiger partial charge in [-0.3, -0.25) is 0 Å². The minimum atomic E-state index is 0.327. The van der Waals surface area contributed by atoms with Gasteiger partial charge in [-0.15, -0.1) is 10.2 Å². The zero-order valence-corrected chi connectivity index (χ0v) is 18.5. The molecule has 2 aromatic carbocycles. The Morgan fingerprint density at radius 1 is 1.20 bits per heavy atom. The summed E-state index contributed by atoms with van der Waals surface area (Å²) in [7, 11) is 1.60. The Hall–Kier alpha value is -3.20. The predicted molar refractivity (Wildman–Crippen MR) is 122 cm³/mol. The van der Waals surface area contributed by atoms with Gasteiger partial charge in [0, 0.05) is 11.9 Å². The van der Waals surface area contributed by atoms with Crippen LogP contribution in [0.15, 0.2) is 46.0 Å². The monoisotopic (exact) mass is 468 g/mol. The van der Waals surface area contributed by atoms with Crippen LogP contribution in [0.3, 0.4) is 0 Å². The number of nitrogens with one attached hydrogen (secondary N) is 1. The maximum atomic E-state index is 5.61. The lowest BCUT2D eigenvalue weighted by molar-refractivity contribution is 0.309. The fourth-order valence-electron chi connectivity index (χ4n) is 3.33. The first-order chi connectivity index (χ1) is 14.7. The van der Waals surface area contributed by atoms with Gasteiger partial charge >= 0.3 is 0 Å². The molecule has 30 heavy (non-hydrogen) atoms. The molecule has 0 unspecified atom stereocenters. The van der Waals surface area contributed by atoms with Crippen molar-refractivity contribution >= 4 is 50.2 Å². The summed E-state index contributed by atoms with van der Waals surface area (Å²) in [5.74, 6) is 1.61. The van der Waals surface area contributed by atoms with Crippen LogP contribution in [0.2, 0.25) is 0 Å². The molecule has 0 aliphatic heterocycles. The van der Waals surface area contributed by atoms with Crippen molar-refractivity contribution in [3.05, 3.63) is 46.4 Å². The molecular formula is C21H21BrN6O2. The summed E-state index contributed by atoms with van der Waals surface area (Å²) in [4.78, 5) is 4.61. The zero-order chi connectivity index (χ0) is 21.1. The minimum absolute atomic E-state index is 0.327. The molecule has 0 spiro atoms. The van der Waals surface area contributed by atoms with E-state index in [2.05, 4.69) is 59.2 Å². The van der Waals surface area contributed by atoms with E-state index < -0.39 is 0 Å². The van der Waals surface area contributed by atoms with Crippen LogP contribution in [0.25, 0.3) is 22.1 Å². The van der Waals surface area contributed by atoms with Gasteiger partial charge in [0.25, 0.3) is 5.95 Å². The fraction of sp³-hybridized carbons (Fsp3) is 0.238. The van der Waals surface area contributed by atoms with E-state index in [1.807, 2.05) is 37.3 Å². The fourth-order valence-corrected chi connectivity index (χ4v) is 3.91. The summed E-state index contributed by atoms with van der Waals surface area (Å²) in [6, 6.07) is 11.8. The smallest absolute Gasteiger partial charge is 0.265 e. The third-order valence-electron chi connectivity index (χ3n) is 4.61. The van der Waals surface area contributed by atoms with Gasteiger partial charge in [0.15, 0.2) is 17.1 Å². The largest absolute Gasteiger partial charge is 0.493 e. The van der Waals surface area contributed by atoms with E-state index in [4.69, 9.17) is 9.47 Å². The molecule has 4 rings (SSSR count). The van der Waals surface area contributed by atoms with Crippen molar-refractivity contribution < 1.29 is 9.47 Å². The molecule has 0 fully saturated rings. The van der Waals surface area contributed by atoms with Crippen LogP contribution in [0.5, 0.6) is 11.5 Å². The molecule has 1 N–H and O–H groups in total. The molecule has 0 bridgehead atoms. The number of nitrogens with zero attached hydrogens (tertiary/aromatic N) is 5. The second-order valence-corrected chi connectivity index (χ2v) is 7.26. The van der Waals surface area contributed by atoms with Crippen molar-refractivity contribution in [2.45, 2.75) is 20.4 Å². The highest BCUT2D eigenvalue weighted by atomic mass is 79.9. The SMILES string of the molecule is CCOc1c(Br)cc(/C=N/Nc2nnc3c4ccccc4n(CC)c3n2)cc1OC. The first-order valence-electron chi connectivity index (χ1n) is 9.57. The number of aromatic nitrogens is 4. The topological polar surface area (TPSA) is 86.5 Å². The molecule has 0 saturated carbocycles. The van der Waals surface area contributed by atoms with E-state index in [9.17, 15) is 0 Å². The molecular weight excluding hydrogens is 448 g/mol. The summed E-state index contributed by atoms with van der Waals surface area (Å²) in [6.45, 7) is 5.33. The van der Waals surface area contributed by atoms with Crippen molar-refractivity contribution in [1.29, 1.82) is 0 Å². The predicted octanol–water partition coefficient (Wildman–Crippen LogP) is 4.62. The van der Waals surface area contributed by atoms with Gasteiger partial charge in [-0.25, -0.2) is 5.43 Å². The quantitative estimate of drug-likeness (QED) is 0.314. The van der Waals surface area contributed by atoms with Crippen LogP contribution in [-0.2, 0) is 6.54 Å². The molecule has 0 atom stereocenters. The van der Waals surface area contributed by atoms with Crippen LogP contribution in [0.1, 0.15) is 19.4 Å². The lowest BCUT2D eigenvalue weighted by Crippen LogP contribution is -2.02. The number of anilines is 1. The molecule has 9 heteroatoms. The van der Waals surface area contributed by atoms with E-state index in [0.29, 0.717) is 24.1 Å². The van der Waals surface area contributed by atoms with Crippen molar-refractivity contribution in [3.63, 3.8) is 0 Å². The maximum absolute atomic E-state index is 5.61. The van der Waals surface area contributed by atoms with Crippen molar-refractivity contribution in [2.24, 2.45) is 5.10 Å². The summed E-state index contributed by atoms with van der Waals surface area (Å²) in [6.07, 6.45) is 1.66. The molecule has 0 amide bonds. The highest BCUT2D eigenvalue weighted by Gasteiger charge is 2.13. The summed E-state index contributed by atoms with van der Waals surface area (Å²) >= 11 is 3.51. The Morgan fingerprint density at radius 3 is 2.80 bits per heavy atom. The van der Waals surface area contributed by atoms with Gasteiger partial charge in [-0.2, -0.15) is 10.1 Å². The van der Waals surface area contributed by atoms with E-state index >= 15 is 0 Å². The number of halogens is 1. The number of benzene rings is 2. The number of ether oxygens (including phenoxy) is 2. The number of rotatable bonds is 7. The molecule has 2 heterocycles. The summed E-state index contributed by atoms with van der Waals surface area (Å²) < 4.78 is 13.9. The summed E-state index contributed by atoms with van der Waals surface area (Å²) in [5, 5.41) is 13.8. The number of fused-ring (bicyclic) bond motifs is 3. The number of hydrogen-bond donors (Lipinski definition) is 1. The molecule has 0 aliphatic carbocycles. The lowest BCUT2D eigenvalue weighted by atomic mass is 10.2. The Kier molecular flexibility index (Phi) is 5.80. The zero-order valence-electron chi connectivity index (χ0n) is 16.9. The third-order valence-corrected chi connectivity index (χ3v) is 5.20. The average molecular weight is 469 g/mol. The van der Waals surface area contributed by atoms with E-state index in [0.717, 1.165) is 38.6 Å². The van der Waals surface area contributed by atoms with Gasteiger partial charge in [0.1, 0.15) is 5.52 Å². The first kappa shape index (κ1) is 20.1. The number of hydrazone groups is 1. The van der Waals surface area contributed by atoms with Crippen LogP contribution >= 0.6 is 15.9 Å². The van der Waals surface area contributed by atoms with Crippen molar-refractivity contribution in [3.8, 4) is 11.5 Å². The van der Waals surface area contributed by atoms with Crippen LogP contribution in [0.4, 0.5) is 5.95 Å². The molecule has 8 nitrogen and oxygen atoms in total. The van der Waals surface area contributed by atoms with Gasteiger partial charge in [0.05, 0.1) is 29.9 Å². The molecule has 4 aromatic rings. The Morgan fingerprint density at radius 2 is 2.03 bits per heavy atom. The second-order valence-electron chi connectivity index (χ2n) is 6.41. The Labute approximate surface area is 182 Å². The van der Waals surface area contributed by atoms with Crippen molar-refractivity contribution in [2.75, 3.05) is 19.1 Å². The molecule has 0 aliphatic rings. The minimum Gasteiger partial charge on any atom is -0.493 e. The molecule has 154 valence electrons. The third kappa shape index (κ3) is 3.68. The number of para-hydroxylation sites is 1. The Bertz CT molecular complexity index is 1240. The highest BCUT2D eigenvalue weighted by molar-refractivity contribution is 9.10. The van der Waals surface area contributed by atoms with Crippen molar-refractivity contribution in [1.82, 2.24) is 19.7 Å². The average Bonchev–Trinajstić information content (AvgIpc) is 3.08. The molecule has 2 aromatic heterocycles. The van der Waals surface area contributed by atoms with Gasteiger partial charge in [-0.1, -0.05) is 18.2 Å². The van der Waals surface area contributed by atoms with E-state index in [1.165, 1.54) is 0 Å². The number of hydrogen-bond acceptors (Lipinski definition) is 7. The lowest BCUT2D eigenvalue weighted by Gasteiger charge is -2.11. The molecule has 0 saturated heterocycles. The molecule has 0 radical (unpaired) electrons. The second kappa shape index (κ2) is 8.66. The van der Waals surface area contributed by atoms with E-state index in [1.54, 1.807) is 13.3 Å². The summed E-state index contributed by atoms with van der Waals surface area (Å²) in [5.41, 5.74) is 6.33. The maximum Gasteiger partial charge on any atom is 0.265 e. The van der Waals surface area contributed by atoms with Gasteiger partial charge in [0.2, 0.25) is 0 Å². The van der Waals surface area contributed by atoms with Crippen LogP contribution in [0, 0.1) is 0 Å².